The zero-order chi connectivity index (χ0) is 15.1. The molecule has 106 valence electrons. The molecule has 0 aromatic heterocycles. The lowest BCUT2D eigenvalue weighted by Crippen LogP contribution is -2.23. The molecule has 0 spiro atoms. The number of hydrogen-bond donors (Lipinski definition) is 0. The number of carbonyl (C=O) groups is 1. The number of esters is 1. The summed E-state index contributed by atoms with van der Waals surface area (Å²) in [6.45, 7) is 7.98. The van der Waals surface area contributed by atoms with Crippen molar-refractivity contribution in [1.82, 2.24) is 0 Å². The highest BCUT2D eigenvalue weighted by atomic mass is 79.9. The molecule has 0 radical (unpaired) electrons. The van der Waals surface area contributed by atoms with E-state index in [0.717, 1.165) is 15.6 Å². The minimum Gasteiger partial charge on any atom is -0.465 e. The van der Waals surface area contributed by atoms with Crippen molar-refractivity contribution in [3.05, 3.63) is 33.8 Å². The lowest BCUT2D eigenvalue weighted by atomic mass is 9.97. The molecule has 1 aromatic rings. The lowest BCUT2D eigenvalue weighted by Gasteiger charge is -2.10. The predicted molar refractivity (Wildman–Crippen MR) is 80.1 cm³/mol. The lowest BCUT2D eigenvalue weighted by molar-refractivity contribution is -0.148. The fourth-order valence-corrected chi connectivity index (χ4v) is 3.70. The van der Waals surface area contributed by atoms with Crippen LogP contribution in [0.5, 0.6) is 0 Å². The summed E-state index contributed by atoms with van der Waals surface area (Å²) in [5.74, 6) is -0.521. The molecular formula is C16H18BrNO2. The number of hydrogen-bond acceptors (Lipinski definition) is 3. The summed E-state index contributed by atoms with van der Waals surface area (Å²) in [6, 6.07) is 8.18. The maximum atomic E-state index is 12.3. The van der Waals surface area contributed by atoms with E-state index in [9.17, 15) is 10.1 Å². The summed E-state index contributed by atoms with van der Waals surface area (Å²) in [6.07, 6.45) is 0. The fraction of sp³-hybridized carbons (Fsp3) is 0.500. The Kier molecular flexibility index (Phi) is 3.68. The highest BCUT2D eigenvalue weighted by molar-refractivity contribution is 9.10. The topological polar surface area (TPSA) is 50.1 Å². The van der Waals surface area contributed by atoms with E-state index < -0.39 is 16.8 Å². The smallest absolute Gasteiger partial charge is 0.327 e. The van der Waals surface area contributed by atoms with E-state index in [0.29, 0.717) is 6.61 Å². The molecule has 0 heterocycles. The second kappa shape index (κ2) is 4.89. The first-order valence-electron chi connectivity index (χ1n) is 6.67. The quantitative estimate of drug-likeness (QED) is 0.785. The average molecular weight is 336 g/mol. The predicted octanol–water partition coefficient (Wildman–Crippen LogP) is 3.95. The Balaban J connectivity index is 2.48. The summed E-state index contributed by atoms with van der Waals surface area (Å²) in [5.41, 5.74) is 0.653. The van der Waals surface area contributed by atoms with Crippen molar-refractivity contribution >= 4 is 21.9 Å². The van der Waals surface area contributed by atoms with Crippen LogP contribution in [0.15, 0.2) is 22.7 Å². The Bertz CT molecular complexity index is 603. The van der Waals surface area contributed by atoms with Crippen LogP contribution in [-0.4, -0.2) is 12.6 Å². The molecule has 0 unspecified atom stereocenters. The minimum absolute atomic E-state index is 0.118. The standard InChI is InChI=1S/C16H18BrNO2/c1-5-20-14(19)16(9-18)13(15(16,3)4)12-7-6-11(17)8-10(12)2/h6-8,13H,5H2,1-4H3/t13-,16-/m1/s1. The number of rotatable bonds is 3. The molecule has 0 amide bonds. The fourth-order valence-electron chi connectivity index (χ4n) is 3.23. The van der Waals surface area contributed by atoms with Crippen LogP contribution in [0.3, 0.4) is 0 Å². The van der Waals surface area contributed by atoms with Crippen LogP contribution >= 0.6 is 15.9 Å². The number of carbonyl (C=O) groups excluding carboxylic acids is 1. The Morgan fingerprint density at radius 2 is 2.15 bits per heavy atom. The van der Waals surface area contributed by atoms with E-state index in [1.165, 1.54) is 0 Å². The first-order valence-corrected chi connectivity index (χ1v) is 7.46. The van der Waals surface area contributed by atoms with Gasteiger partial charge in [-0.15, -0.1) is 0 Å². The first kappa shape index (κ1) is 15.1. The van der Waals surface area contributed by atoms with Crippen LogP contribution in [0, 0.1) is 29.1 Å². The summed E-state index contributed by atoms with van der Waals surface area (Å²) in [7, 11) is 0. The molecule has 2 rings (SSSR count). The Morgan fingerprint density at radius 1 is 1.50 bits per heavy atom. The second-order valence-corrected chi connectivity index (χ2v) is 6.71. The van der Waals surface area contributed by atoms with Crippen LogP contribution in [0.1, 0.15) is 37.8 Å². The van der Waals surface area contributed by atoms with Gasteiger partial charge in [0.15, 0.2) is 5.41 Å². The average Bonchev–Trinajstić information content (AvgIpc) is 2.87. The minimum atomic E-state index is -1.07. The van der Waals surface area contributed by atoms with E-state index in [1.807, 2.05) is 39.0 Å². The largest absolute Gasteiger partial charge is 0.465 e. The van der Waals surface area contributed by atoms with Gasteiger partial charge in [0.2, 0.25) is 0 Å². The number of nitriles is 1. The third-order valence-corrected chi connectivity index (χ3v) is 4.90. The third-order valence-electron chi connectivity index (χ3n) is 4.40. The van der Waals surface area contributed by atoms with Crippen LogP contribution in [0.25, 0.3) is 0 Å². The first-order chi connectivity index (χ1) is 9.32. The Labute approximate surface area is 128 Å². The highest BCUT2D eigenvalue weighted by Gasteiger charge is 2.78. The van der Waals surface area contributed by atoms with Gasteiger partial charge in [0.05, 0.1) is 12.7 Å². The van der Waals surface area contributed by atoms with Crippen LogP contribution in [0.4, 0.5) is 0 Å². The van der Waals surface area contributed by atoms with E-state index >= 15 is 0 Å². The third kappa shape index (κ3) is 1.88. The van der Waals surface area contributed by atoms with E-state index in [-0.39, 0.29) is 5.92 Å². The van der Waals surface area contributed by atoms with Crippen molar-refractivity contribution in [2.75, 3.05) is 6.61 Å². The van der Waals surface area contributed by atoms with Gasteiger partial charge in [-0.25, -0.2) is 0 Å². The van der Waals surface area contributed by atoms with Gasteiger partial charge in [0.1, 0.15) is 0 Å². The second-order valence-electron chi connectivity index (χ2n) is 5.80. The summed E-state index contributed by atoms with van der Waals surface area (Å²) >= 11 is 3.44. The van der Waals surface area contributed by atoms with Gasteiger partial charge >= 0.3 is 5.97 Å². The monoisotopic (exact) mass is 335 g/mol. The highest BCUT2D eigenvalue weighted by Crippen LogP contribution is 2.74. The summed E-state index contributed by atoms with van der Waals surface area (Å²) in [4.78, 5) is 12.3. The van der Waals surface area contributed by atoms with E-state index in [2.05, 4.69) is 22.0 Å². The summed E-state index contributed by atoms with van der Waals surface area (Å²) < 4.78 is 6.14. The molecule has 0 N–H and O–H groups in total. The molecule has 0 aliphatic heterocycles. The molecule has 1 aliphatic carbocycles. The van der Waals surface area contributed by atoms with Crippen molar-refractivity contribution < 1.29 is 9.53 Å². The number of nitrogens with zero attached hydrogens (tertiary/aromatic N) is 1. The molecule has 4 heteroatoms. The molecule has 2 atom stereocenters. The zero-order valence-electron chi connectivity index (χ0n) is 12.2. The van der Waals surface area contributed by atoms with Gasteiger partial charge in [-0.05, 0) is 37.1 Å². The zero-order valence-corrected chi connectivity index (χ0v) is 13.7. The molecule has 1 aliphatic rings. The molecule has 1 aromatic carbocycles. The summed E-state index contributed by atoms with van der Waals surface area (Å²) in [5, 5.41) is 9.61. The van der Waals surface area contributed by atoms with Gasteiger partial charge in [-0.1, -0.05) is 35.8 Å². The van der Waals surface area contributed by atoms with Crippen LogP contribution < -0.4 is 0 Å². The molecule has 20 heavy (non-hydrogen) atoms. The van der Waals surface area contributed by atoms with Crippen molar-refractivity contribution in [2.45, 2.75) is 33.6 Å². The van der Waals surface area contributed by atoms with E-state index in [1.54, 1.807) is 6.92 Å². The maximum absolute atomic E-state index is 12.3. The van der Waals surface area contributed by atoms with Crippen molar-refractivity contribution in [3.63, 3.8) is 0 Å². The molecule has 3 nitrogen and oxygen atoms in total. The van der Waals surface area contributed by atoms with Crippen molar-refractivity contribution in [3.8, 4) is 6.07 Å². The van der Waals surface area contributed by atoms with E-state index in [4.69, 9.17) is 4.74 Å². The SMILES string of the molecule is CCOC(=O)[C@@]1(C#N)[C@H](c2ccc(Br)cc2C)C1(C)C. The van der Waals surface area contributed by atoms with Gasteiger partial charge in [-0.3, -0.25) is 4.79 Å². The maximum Gasteiger partial charge on any atom is 0.327 e. The van der Waals surface area contributed by atoms with Crippen molar-refractivity contribution in [2.24, 2.45) is 10.8 Å². The normalized spacial score (nSPS) is 26.7. The van der Waals surface area contributed by atoms with Crippen LogP contribution in [-0.2, 0) is 9.53 Å². The van der Waals surface area contributed by atoms with Gasteiger partial charge in [0.25, 0.3) is 0 Å². The Morgan fingerprint density at radius 3 is 2.65 bits per heavy atom. The number of ether oxygens (including phenoxy) is 1. The Hall–Kier alpha value is -1.34. The number of aryl methyl sites for hydroxylation is 1. The number of halogens is 1. The number of benzene rings is 1. The van der Waals surface area contributed by atoms with Gasteiger partial charge in [0, 0.05) is 15.8 Å². The van der Waals surface area contributed by atoms with Crippen LogP contribution in [0.2, 0.25) is 0 Å². The molecular weight excluding hydrogens is 318 g/mol. The van der Waals surface area contributed by atoms with Crippen molar-refractivity contribution in [1.29, 1.82) is 5.26 Å². The molecule has 0 bridgehead atoms. The molecule has 0 saturated heterocycles. The molecule has 1 saturated carbocycles. The van der Waals surface area contributed by atoms with Gasteiger partial charge in [-0.2, -0.15) is 5.26 Å². The van der Waals surface area contributed by atoms with Gasteiger partial charge < -0.3 is 4.74 Å². The molecule has 1 fully saturated rings.